The first-order chi connectivity index (χ1) is 13.5. The number of esters is 1. The number of fused-ring (bicyclic) bond motifs is 1. The molecule has 4 nitrogen and oxygen atoms in total. The lowest BCUT2D eigenvalue weighted by atomic mass is 10.1. The van der Waals surface area contributed by atoms with Crippen molar-refractivity contribution in [1.29, 1.82) is 0 Å². The minimum absolute atomic E-state index is 0.208. The van der Waals surface area contributed by atoms with E-state index in [0.29, 0.717) is 16.3 Å². The van der Waals surface area contributed by atoms with E-state index >= 15 is 0 Å². The third kappa shape index (κ3) is 3.55. The summed E-state index contributed by atoms with van der Waals surface area (Å²) < 4.78 is 11.1. The molecule has 0 N–H and O–H groups in total. The number of hydrogen-bond donors (Lipinski definition) is 0. The molecule has 138 valence electrons. The van der Waals surface area contributed by atoms with Crippen LogP contribution in [0.25, 0.3) is 6.08 Å². The lowest BCUT2D eigenvalue weighted by molar-refractivity contribution is 0.0734. The van der Waals surface area contributed by atoms with Gasteiger partial charge in [-0.05, 0) is 42.8 Å². The second-order valence-corrected chi connectivity index (χ2v) is 6.79. The van der Waals surface area contributed by atoms with Crippen LogP contribution in [0.5, 0.6) is 11.5 Å². The number of benzene rings is 3. The number of ketones is 1. The van der Waals surface area contributed by atoms with Gasteiger partial charge in [-0.25, -0.2) is 4.79 Å². The summed E-state index contributed by atoms with van der Waals surface area (Å²) in [6.45, 7) is 1.98. The van der Waals surface area contributed by atoms with Crippen LogP contribution in [0.3, 0.4) is 0 Å². The predicted molar refractivity (Wildman–Crippen MR) is 107 cm³/mol. The number of rotatable bonds is 3. The first kappa shape index (κ1) is 18.0. The zero-order valence-corrected chi connectivity index (χ0v) is 15.7. The summed E-state index contributed by atoms with van der Waals surface area (Å²) in [5.41, 5.74) is 2.66. The predicted octanol–water partition coefficient (Wildman–Crippen LogP) is 5.48. The van der Waals surface area contributed by atoms with Crippen molar-refractivity contribution in [3.8, 4) is 11.5 Å². The smallest absolute Gasteiger partial charge is 0.345 e. The summed E-state index contributed by atoms with van der Waals surface area (Å²) in [6, 6.07) is 19.1. The summed E-state index contributed by atoms with van der Waals surface area (Å²) in [4.78, 5) is 24.9. The SMILES string of the molecule is Cc1cccc(C=C2Oc3cc(OC(=O)c4ccccc4Cl)ccc3C2=O)c1. The summed E-state index contributed by atoms with van der Waals surface area (Å²) in [5, 5.41) is 0.309. The van der Waals surface area contributed by atoms with Gasteiger partial charge in [0.2, 0.25) is 5.78 Å². The minimum atomic E-state index is -0.578. The molecule has 1 aliphatic rings. The van der Waals surface area contributed by atoms with Gasteiger partial charge in [-0.3, -0.25) is 4.79 Å². The third-order valence-electron chi connectivity index (χ3n) is 4.29. The van der Waals surface area contributed by atoms with Gasteiger partial charge in [-0.2, -0.15) is 0 Å². The largest absolute Gasteiger partial charge is 0.452 e. The molecule has 1 heterocycles. The number of aryl methyl sites for hydroxylation is 1. The monoisotopic (exact) mass is 390 g/mol. The Hall–Kier alpha value is -3.37. The van der Waals surface area contributed by atoms with Crippen molar-refractivity contribution in [1.82, 2.24) is 0 Å². The molecule has 1 aliphatic heterocycles. The van der Waals surface area contributed by atoms with Crippen molar-refractivity contribution < 1.29 is 19.1 Å². The summed E-state index contributed by atoms with van der Waals surface area (Å²) in [6.07, 6.45) is 1.70. The van der Waals surface area contributed by atoms with Gasteiger partial charge in [0.1, 0.15) is 11.5 Å². The summed E-state index contributed by atoms with van der Waals surface area (Å²) in [7, 11) is 0. The highest BCUT2D eigenvalue weighted by atomic mass is 35.5. The van der Waals surface area contributed by atoms with Crippen LogP contribution in [0.4, 0.5) is 0 Å². The van der Waals surface area contributed by atoms with E-state index < -0.39 is 5.97 Å². The maximum absolute atomic E-state index is 12.6. The molecular weight excluding hydrogens is 376 g/mol. The number of ether oxygens (including phenoxy) is 2. The Labute approximate surface area is 167 Å². The molecule has 0 saturated heterocycles. The van der Waals surface area contributed by atoms with Crippen LogP contribution in [0.15, 0.2) is 72.5 Å². The van der Waals surface area contributed by atoms with E-state index in [1.165, 1.54) is 6.07 Å². The molecule has 0 aliphatic carbocycles. The zero-order valence-electron chi connectivity index (χ0n) is 14.9. The molecule has 3 aromatic carbocycles. The van der Waals surface area contributed by atoms with Crippen LogP contribution in [-0.4, -0.2) is 11.8 Å². The Morgan fingerprint density at radius 1 is 1.04 bits per heavy atom. The zero-order chi connectivity index (χ0) is 19.7. The van der Waals surface area contributed by atoms with Gasteiger partial charge in [0.05, 0.1) is 16.1 Å². The molecule has 0 saturated carbocycles. The van der Waals surface area contributed by atoms with Crippen LogP contribution in [-0.2, 0) is 0 Å². The van der Waals surface area contributed by atoms with E-state index in [1.54, 1.807) is 42.5 Å². The molecule has 0 amide bonds. The fourth-order valence-electron chi connectivity index (χ4n) is 2.93. The van der Waals surface area contributed by atoms with Crippen molar-refractivity contribution >= 4 is 29.4 Å². The highest BCUT2D eigenvalue weighted by molar-refractivity contribution is 6.33. The summed E-state index contributed by atoms with van der Waals surface area (Å²) in [5.74, 6) is 0.0719. The molecule has 0 aromatic heterocycles. The first-order valence-electron chi connectivity index (χ1n) is 8.63. The Kier molecular flexibility index (Phi) is 4.72. The average Bonchev–Trinajstić information content (AvgIpc) is 2.97. The lowest BCUT2D eigenvalue weighted by Gasteiger charge is -2.06. The van der Waals surface area contributed by atoms with E-state index in [4.69, 9.17) is 21.1 Å². The lowest BCUT2D eigenvalue weighted by Crippen LogP contribution is -2.09. The molecule has 4 rings (SSSR count). The fourth-order valence-corrected chi connectivity index (χ4v) is 3.14. The number of Topliss-reactive ketones (excluding diaryl/α,β-unsaturated/α-hetero) is 1. The summed E-state index contributed by atoms with van der Waals surface area (Å²) >= 11 is 6.03. The molecule has 3 aromatic rings. The van der Waals surface area contributed by atoms with Crippen molar-refractivity contribution in [2.24, 2.45) is 0 Å². The van der Waals surface area contributed by atoms with Gasteiger partial charge in [0.15, 0.2) is 5.76 Å². The van der Waals surface area contributed by atoms with E-state index in [-0.39, 0.29) is 22.9 Å². The average molecular weight is 391 g/mol. The number of allylic oxidation sites excluding steroid dienone is 1. The highest BCUT2D eigenvalue weighted by Crippen LogP contribution is 2.35. The van der Waals surface area contributed by atoms with Crippen LogP contribution in [0.1, 0.15) is 31.8 Å². The van der Waals surface area contributed by atoms with Gasteiger partial charge in [-0.1, -0.05) is 53.6 Å². The number of carbonyl (C=O) groups excluding carboxylic acids is 2. The third-order valence-corrected chi connectivity index (χ3v) is 4.62. The first-order valence-corrected chi connectivity index (χ1v) is 9.01. The van der Waals surface area contributed by atoms with Gasteiger partial charge < -0.3 is 9.47 Å². The van der Waals surface area contributed by atoms with Gasteiger partial charge in [-0.15, -0.1) is 0 Å². The van der Waals surface area contributed by atoms with E-state index in [9.17, 15) is 9.59 Å². The molecule has 0 bridgehead atoms. The quantitative estimate of drug-likeness (QED) is 0.337. The molecule has 0 spiro atoms. The van der Waals surface area contributed by atoms with Crippen LogP contribution in [0.2, 0.25) is 5.02 Å². The highest BCUT2D eigenvalue weighted by Gasteiger charge is 2.28. The van der Waals surface area contributed by atoms with Crippen molar-refractivity contribution in [2.45, 2.75) is 6.92 Å². The molecule has 5 heteroatoms. The minimum Gasteiger partial charge on any atom is -0.452 e. The van der Waals surface area contributed by atoms with Crippen LogP contribution in [0, 0.1) is 6.92 Å². The van der Waals surface area contributed by atoms with E-state index in [2.05, 4.69) is 0 Å². The standard InChI is InChI=1S/C23H15ClO4/c1-14-5-4-6-15(11-14)12-21-22(25)18-10-9-16(13-20(18)28-21)27-23(26)17-7-2-3-8-19(17)24/h2-13H,1H3. The van der Waals surface area contributed by atoms with Gasteiger partial charge >= 0.3 is 5.97 Å². The van der Waals surface area contributed by atoms with Crippen molar-refractivity contribution in [3.63, 3.8) is 0 Å². The second kappa shape index (κ2) is 7.33. The number of halogens is 1. The van der Waals surface area contributed by atoms with Crippen molar-refractivity contribution in [3.05, 3.63) is 99.8 Å². The maximum Gasteiger partial charge on any atom is 0.345 e. The molecule has 0 fully saturated rings. The normalized spacial score (nSPS) is 13.9. The molecule has 0 atom stereocenters. The topological polar surface area (TPSA) is 52.6 Å². The molecular formula is C23H15ClO4. The Morgan fingerprint density at radius 3 is 2.64 bits per heavy atom. The second-order valence-electron chi connectivity index (χ2n) is 6.38. The van der Waals surface area contributed by atoms with Crippen LogP contribution < -0.4 is 9.47 Å². The Morgan fingerprint density at radius 2 is 1.86 bits per heavy atom. The molecule has 28 heavy (non-hydrogen) atoms. The molecule has 0 radical (unpaired) electrons. The fraction of sp³-hybridized carbons (Fsp3) is 0.0435. The molecule has 0 unspecified atom stereocenters. The van der Waals surface area contributed by atoms with Gasteiger partial charge in [0, 0.05) is 6.07 Å². The van der Waals surface area contributed by atoms with Gasteiger partial charge in [0.25, 0.3) is 0 Å². The van der Waals surface area contributed by atoms with E-state index in [0.717, 1.165) is 11.1 Å². The van der Waals surface area contributed by atoms with E-state index in [1.807, 2.05) is 31.2 Å². The number of carbonyl (C=O) groups is 2. The maximum atomic E-state index is 12.6. The van der Waals surface area contributed by atoms with Crippen molar-refractivity contribution in [2.75, 3.05) is 0 Å². The Bertz CT molecular complexity index is 1130. The Balaban J connectivity index is 1.57. The number of hydrogen-bond acceptors (Lipinski definition) is 4. The van der Waals surface area contributed by atoms with Crippen LogP contribution >= 0.6 is 11.6 Å².